The Morgan fingerprint density at radius 2 is 1.86 bits per heavy atom. The zero-order valence-electron chi connectivity index (χ0n) is 9.33. The first-order valence-corrected chi connectivity index (χ1v) is 5.07. The van der Waals surface area contributed by atoms with Crippen molar-refractivity contribution in [1.82, 2.24) is 4.40 Å². The molecule has 0 unspecified atom stereocenters. The van der Waals surface area contributed by atoms with E-state index in [2.05, 4.69) is 62.6 Å². The second kappa shape index (κ2) is 2.88. The van der Waals surface area contributed by atoms with Crippen LogP contribution in [0, 0.1) is 6.92 Å². The van der Waals surface area contributed by atoms with Crippen LogP contribution in [0.1, 0.15) is 32.0 Å². The smallest absolute Gasteiger partial charge is 0.0455 e. The summed E-state index contributed by atoms with van der Waals surface area (Å²) in [5, 5.41) is 0. The number of nitrogens with zero attached hydrogens (tertiary/aromatic N) is 1. The number of hydrogen-bond acceptors (Lipinski definition) is 0. The van der Waals surface area contributed by atoms with Crippen molar-refractivity contribution in [1.29, 1.82) is 0 Å². The summed E-state index contributed by atoms with van der Waals surface area (Å²) in [7, 11) is 0. The molecule has 0 aliphatic carbocycles. The summed E-state index contributed by atoms with van der Waals surface area (Å²) in [5.41, 5.74) is 4.17. The van der Waals surface area contributed by atoms with Gasteiger partial charge in [-0.15, -0.1) is 0 Å². The molecule has 0 bridgehead atoms. The van der Waals surface area contributed by atoms with Gasteiger partial charge in [0.2, 0.25) is 0 Å². The largest absolute Gasteiger partial charge is 0.320 e. The van der Waals surface area contributed by atoms with Gasteiger partial charge in [-0.3, -0.25) is 0 Å². The lowest BCUT2D eigenvalue weighted by Gasteiger charge is -2.20. The maximum atomic E-state index is 2.29. The molecule has 0 aromatic carbocycles. The van der Waals surface area contributed by atoms with Crippen molar-refractivity contribution < 1.29 is 0 Å². The summed E-state index contributed by atoms with van der Waals surface area (Å²) >= 11 is 0. The standard InChI is InChI=1S/C13H17N/c1-10-8-11-6-5-7-12(13(2,3)4)14(11)9-10/h5-9H,1-4H3. The summed E-state index contributed by atoms with van der Waals surface area (Å²) in [4.78, 5) is 0. The van der Waals surface area contributed by atoms with Crippen LogP contribution in [0.15, 0.2) is 30.5 Å². The molecule has 0 atom stereocenters. The highest BCUT2D eigenvalue weighted by Crippen LogP contribution is 2.24. The molecule has 0 amide bonds. The minimum Gasteiger partial charge on any atom is -0.320 e. The minimum atomic E-state index is 0.199. The van der Waals surface area contributed by atoms with Gasteiger partial charge in [-0.2, -0.15) is 0 Å². The van der Waals surface area contributed by atoms with Gasteiger partial charge in [0.1, 0.15) is 0 Å². The molecule has 1 heteroatoms. The maximum absolute atomic E-state index is 2.29. The van der Waals surface area contributed by atoms with Gasteiger partial charge in [0.15, 0.2) is 0 Å². The average molecular weight is 187 g/mol. The van der Waals surface area contributed by atoms with E-state index in [0.29, 0.717) is 0 Å². The van der Waals surface area contributed by atoms with Crippen LogP contribution in [0.4, 0.5) is 0 Å². The molecule has 0 radical (unpaired) electrons. The fraction of sp³-hybridized carbons (Fsp3) is 0.385. The normalized spacial score (nSPS) is 12.3. The molecule has 14 heavy (non-hydrogen) atoms. The van der Waals surface area contributed by atoms with Crippen molar-refractivity contribution in [2.75, 3.05) is 0 Å². The molecule has 2 aromatic heterocycles. The highest BCUT2D eigenvalue weighted by atomic mass is 14.9. The van der Waals surface area contributed by atoms with Gasteiger partial charge in [0.05, 0.1) is 0 Å². The van der Waals surface area contributed by atoms with Crippen molar-refractivity contribution in [2.45, 2.75) is 33.1 Å². The van der Waals surface area contributed by atoms with Crippen LogP contribution in [-0.4, -0.2) is 4.40 Å². The second-order valence-corrected chi connectivity index (χ2v) is 4.97. The highest BCUT2D eigenvalue weighted by Gasteiger charge is 2.16. The molecule has 0 saturated heterocycles. The van der Waals surface area contributed by atoms with Crippen molar-refractivity contribution in [2.24, 2.45) is 0 Å². The molecular weight excluding hydrogens is 170 g/mol. The summed E-state index contributed by atoms with van der Waals surface area (Å²) in [6.45, 7) is 8.88. The molecule has 74 valence electrons. The molecular formula is C13H17N. The fourth-order valence-electron chi connectivity index (χ4n) is 1.88. The van der Waals surface area contributed by atoms with E-state index in [4.69, 9.17) is 0 Å². The van der Waals surface area contributed by atoms with Crippen LogP contribution < -0.4 is 0 Å². The zero-order valence-corrected chi connectivity index (χ0v) is 9.33. The molecule has 2 aromatic rings. The van der Waals surface area contributed by atoms with Crippen LogP contribution in [0.5, 0.6) is 0 Å². The lowest BCUT2D eigenvalue weighted by molar-refractivity contribution is 0.561. The SMILES string of the molecule is Cc1cc2cccc(C(C)(C)C)n2c1. The lowest BCUT2D eigenvalue weighted by Crippen LogP contribution is -2.15. The number of aryl methyl sites for hydroxylation is 1. The van der Waals surface area contributed by atoms with Gasteiger partial charge in [-0.05, 0) is 30.7 Å². The van der Waals surface area contributed by atoms with Crippen molar-refractivity contribution in [3.63, 3.8) is 0 Å². The molecule has 0 N–H and O–H groups in total. The first kappa shape index (κ1) is 9.32. The number of rotatable bonds is 0. The monoisotopic (exact) mass is 187 g/mol. The Bertz CT molecular complexity index is 458. The molecule has 0 spiro atoms. The Labute approximate surface area is 85.4 Å². The summed E-state index contributed by atoms with van der Waals surface area (Å²) in [6.07, 6.45) is 2.20. The number of pyridine rings is 1. The Hall–Kier alpha value is -1.24. The number of aromatic nitrogens is 1. The van der Waals surface area contributed by atoms with E-state index in [1.54, 1.807) is 0 Å². The Balaban J connectivity index is 2.77. The van der Waals surface area contributed by atoms with Crippen LogP contribution in [0.2, 0.25) is 0 Å². The topological polar surface area (TPSA) is 4.41 Å². The van der Waals surface area contributed by atoms with Crippen molar-refractivity contribution in [3.05, 3.63) is 41.7 Å². The van der Waals surface area contributed by atoms with Gasteiger partial charge in [0.25, 0.3) is 0 Å². The van der Waals surface area contributed by atoms with E-state index in [1.807, 2.05) is 0 Å². The maximum Gasteiger partial charge on any atom is 0.0455 e. The summed E-state index contributed by atoms with van der Waals surface area (Å²) in [6, 6.07) is 8.71. The number of hydrogen-bond donors (Lipinski definition) is 0. The fourth-order valence-corrected chi connectivity index (χ4v) is 1.88. The van der Waals surface area contributed by atoms with Crippen molar-refractivity contribution >= 4 is 5.52 Å². The van der Waals surface area contributed by atoms with E-state index in [-0.39, 0.29) is 5.41 Å². The average Bonchev–Trinajstić information content (AvgIpc) is 2.41. The Kier molecular flexibility index (Phi) is 1.91. The Morgan fingerprint density at radius 1 is 1.14 bits per heavy atom. The molecule has 1 nitrogen and oxygen atoms in total. The van der Waals surface area contributed by atoms with E-state index in [1.165, 1.54) is 16.8 Å². The summed E-state index contributed by atoms with van der Waals surface area (Å²) in [5.74, 6) is 0. The van der Waals surface area contributed by atoms with Crippen LogP contribution in [-0.2, 0) is 5.41 Å². The molecule has 0 aliphatic heterocycles. The predicted molar refractivity (Wildman–Crippen MR) is 60.8 cm³/mol. The van der Waals surface area contributed by atoms with Gasteiger partial charge in [-0.1, -0.05) is 26.8 Å². The zero-order chi connectivity index (χ0) is 10.3. The third-order valence-electron chi connectivity index (χ3n) is 2.54. The van der Waals surface area contributed by atoms with E-state index < -0.39 is 0 Å². The van der Waals surface area contributed by atoms with Gasteiger partial charge >= 0.3 is 0 Å². The molecule has 0 saturated carbocycles. The molecule has 2 heterocycles. The first-order chi connectivity index (χ1) is 6.48. The summed E-state index contributed by atoms with van der Waals surface area (Å²) < 4.78 is 2.29. The predicted octanol–water partition coefficient (Wildman–Crippen LogP) is 3.55. The number of fused-ring (bicyclic) bond motifs is 1. The molecule has 0 fully saturated rings. The minimum absolute atomic E-state index is 0.199. The van der Waals surface area contributed by atoms with E-state index in [9.17, 15) is 0 Å². The van der Waals surface area contributed by atoms with Gasteiger partial charge < -0.3 is 4.40 Å². The quantitative estimate of drug-likeness (QED) is 0.594. The van der Waals surface area contributed by atoms with Crippen LogP contribution in [0.25, 0.3) is 5.52 Å². The third-order valence-corrected chi connectivity index (χ3v) is 2.54. The second-order valence-electron chi connectivity index (χ2n) is 4.97. The van der Waals surface area contributed by atoms with E-state index in [0.717, 1.165) is 0 Å². The van der Waals surface area contributed by atoms with E-state index >= 15 is 0 Å². The molecule has 0 aliphatic rings. The molecule has 2 rings (SSSR count). The van der Waals surface area contributed by atoms with Crippen molar-refractivity contribution in [3.8, 4) is 0 Å². The van der Waals surface area contributed by atoms with Crippen LogP contribution in [0.3, 0.4) is 0 Å². The van der Waals surface area contributed by atoms with Gasteiger partial charge in [0, 0.05) is 22.8 Å². The van der Waals surface area contributed by atoms with Gasteiger partial charge in [-0.25, -0.2) is 0 Å². The Morgan fingerprint density at radius 3 is 2.50 bits per heavy atom. The highest BCUT2D eigenvalue weighted by molar-refractivity contribution is 5.52. The van der Waals surface area contributed by atoms with Crippen LogP contribution >= 0.6 is 0 Å². The third kappa shape index (κ3) is 1.43. The lowest BCUT2D eigenvalue weighted by atomic mass is 9.91. The first-order valence-electron chi connectivity index (χ1n) is 5.07.